The van der Waals surface area contributed by atoms with Gasteiger partial charge in [-0.1, -0.05) is 12.1 Å². The van der Waals surface area contributed by atoms with Gasteiger partial charge in [0.15, 0.2) is 17.8 Å². The van der Waals surface area contributed by atoms with E-state index in [1.165, 1.54) is 32.6 Å². The van der Waals surface area contributed by atoms with E-state index in [2.05, 4.69) is 0 Å². The largest absolute Gasteiger partial charge is 0.497 e. The number of aliphatic hydroxyl groups is 7. The van der Waals surface area contributed by atoms with Crippen LogP contribution in [0.1, 0.15) is 0 Å². The van der Waals surface area contributed by atoms with E-state index in [9.17, 15) is 40.5 Å². The van der Waals surface area contributed by atoms with Gasteiger partial charge in [0.2, 0.25) is 11.7 Å². The molecule has 2 saturated heterocycles. The lowest BCUT2D eigenvalue weighted by Crippen LogP contribution is -2.65. The van der Waals surface area contributed by atoms with Crippen molar-refractivity contribution in [2.75, 3.05) is 27.4 Å². The van der Waals surface area contributed by atoms with E-state index in [0.717, 1.165) is 0 Å². The number of methoxy groups -OCH3 is 2. The van der Waals surface area contributed by atoms with Gasteiger partial charge in [0.1, 0.15) is 66.4 Å². The quantitative estimate of drug-likeness (QED) is 0.144. The number of fused-ring (bicyclic) bond motifs is 1. The van der Waals surface area contributed by atoms with Crippen LogP contribution in [0.2, 0.25) is 0 Å². The molecule has 3 heterocycles. The molecule has 15 nitrogen and oxygen atoms in total. The van der Waals surface area contributed by atoms with E-state index in [4.69, 9.17) is 32.8 Å². The molecule has 2 aromatic carbocycles. The standard InChI is InChI=1S/C29H34O15/c1-38-13-5-3-12(4-6-13)15-11-40-16-8-18(17(39-2)7-14(16)21(15)32)41-29-26(37)27(23(34)20(10-31)43-29)44-28-25(36)24(35)22(33)19(9-30)42-28/h3-8,11,19-20,22-31,33-37H,9-10H2,1-2H3/t19?,20?,22-,23-,24+,25?,26?,27+,28+,29-/m1/s1. The molecule has 0 saturated carbocycles. The first-order valence-electron chi connectivity index (χ1n) is 13.6. The molecule has 0 spiro atoms. The van der Waals surface area contributed by atoms with Crippen LogP contribution in [0.5, 0.6) is 17.2 Å². The summed E-state index contributed by atoms with van der Waals surface area (Å²) in [6.07, 6.45) is -15.0. The monoisotopic (exact) mass is 622 g/mol. The second-order valence-corrected chi connectivity index (χ2v) is 10.3. The second-order valence-electron chi connectivity index (χ2n) is 10.3. The van der Waals surface area contributed by atoms with Crippen LogP contribution in [0, 0.1) is 0 Å². The molecule has 5 rings (SSSR count). The Morgan fingerprint density at radius 3 is 2.05 bits per heavy atom. The van der Waals surface area contributed by atoms with Gasteiger partial charge in [-0.15, -0.1) is 0 Å². The summed E-state index contributed by atoms with van der Waals surface area (Å²) in [5.41, 5.74) is 0.640. The van der Waals surface area contributed by atoms with Gasteiger partial charge in [-0.2, -0.15) is 0 Å². The lowest BCUT2D eigenvalue weighted by Gasteiger charge is -2.45. The molecule has 0 aliphatic carbocycles. The summed E-state index contributed by atoms with van der Waals surface area (Å²) in [6, 6.07) is 9.56. The van der Waals surface area contributed by atoms with Gasteiger partial charge in [0, 0.05) is 6.07 Å². The molecule has 4 unspecified atom stereocenters. The SMILES string of the molecule is COc1ccc(-c2coc3cc(O[C@@H]4OC(CO)[C@@H](O)[C@H](O[C@@H]5OC(CO)[C@@H](O)[C@H](O)C5O)C4O)c(OC)cc3c2=O)cc1. The van der Waals surface area contributed by atoms with E-state index in [1.54, 1.807) is 24.3 Å². The lowest BCUT2D eigenvalue weighted by molar-refractivity contribution is -0.352. The zero-order valence-electron chi connectivity index (χ0n) is 23.6. The molecule has 2 aliphatic rings. The molecule has 240 valence electrons. The van der Waals surface area contributed by atoms with Crippen molar-refractivity contribution >= 4 is 11.0 Å². The van der Waals surface area contributed by atoms with E-state index in [0.29, 0.717) is 11.3 Å². The van der Waals surface area contributed by atoms with Crippen molar-refractivity contribution in [3.8, 4) is 28.4 Å². The van der Waals surface area contributed by atoms with Crippen LogP contribution >= 0.6 is 0 Å². The van der Waals surface area contributed by atoms with Crippen molar-refractivity contribution < 1.29 is 68.6 Å². The van der Waals surface area contributed by atoms with Crippen LogP contribution in [-0.2, 0) is 14.2 Å². The highest BCUT2D eigenvalue weighted by molar-refractivity contribution is 5.84. The van der Waals surface area contributed by atoms with Crippen LogP contribution in [0.25, 0.3) is 22.1 Å². The number of ether oxygens (including phenoxy) is 6. The van der Waals surface area contributed by atoms with E-state index in [-0.39, 0.29) is 33.5 Å². The molecule has 10 atom stereocenters. The number of rotatable bonds is 9. The van der Waals surface area contributed by atoms with Crippen molar-refractivity contribution in [1.82, 2.24) is 0 Å². The Labute approximate surface area is 249 Å². The van der Waals surface area contributed by atoms with Crippen LogP contribution < -0.4 is 19.6 Å². The van der Waals surface area contributed by atoms with Gasteiger partial charge in [0.05, 0.1) is 38.4 Å². The van der Waals surface area contributed by atoms with Crippen molar-refractivity contribution in [2.24, 2.45) is 0 Å². The van der Waals surface area contributed by atoms with Crippen LogP contribution in [0.4, 0.5) is 0 Å². The van der Waals surface area contributed by atoms with Gasteiger partial charge < -0.3 is 68.6 Å². The summed E-state index contributed by atoms with van der Waals surface area (Å²) in [5, 5.41) is 71.9. The third-order valence-corrected chi connectivity index (χ3v) is 7.66. The van der Waals surface area contributed by atoms with Gasteiger partial charge in [-0.05, 0) is 23.8 Å². The van der Waals surface area contributed by atoms with Gasteiger partial charge in [-0.3, -0.25) is 4.79 Å². The molecule has 3 aromatic rings. The van der Waals surface area contributed by atoms with E-state index >= 15 is 0 Å². The molecule has 44 heavy (non-hydrogen) atoms. The Kier molecular flexibility index (Phi) is 9.71. The summed E-state index contributed by atoms with van der Waals surface area (Å²) < 4.78 is 38.7. The maximum absolute atomic E-state index is 13.4. The number of benzene rings is 2. The first-order chi connectivity index (χ1) is 21.1. The smallest absolute Gasteiger partial charge is 0.229 e. The molecule has 0 bridgehead atoms. The molecule has 1 aromatic heterocycles. The minimum Gasteiger partial charge on any atom is -0.497 e. The average molecular weight is 623 g/mol. The van der Waals surface area contributed by atoms with Crippen LogP contribution in [0.15, 0.2) is 51.9 Å². The summed E-state index contributed by atoms with van der Waals surface area (Å²) in [6.45, 7) is -1.46. The van der Waals surface area contributed by atoms with Crippen molar-refractivity contribution in [3.05, 3.63) is 52.9 Å². The van der Waals surface area contributed by atoms with E-state index in [1.807, 2.05) is 0 Å². The Balaban J connectivity index is 1.42. The predicted molar refractivity (Wildman–Crippen MR) is 148 cm³/mol. The van der Waals surface area contributed by atoms with Crippen molar-refractivity contribution in [2.45, 2.75) is 61.4 Å². The normalized spacial score (nSPS) is 32.4. The van der Waals surface area contributed by atoms with Crippen LogP contribution in [-0.4, -0.2) is 125 Å². The maximum atomic E-state index is 13.4. The fraction of sp³-hybridized carbons (Fsp3) is 0.483. The van der Waals surface area contributed by atoms with Gasteiger partial charge in [-0.25, -0.2) is 0 Å². The summed E-state index contributed by atoms with van der Waals surface area (Å²) >= 11 is 0. The molecule has 0 radical (unpaired) electrons. The molecule has 7 N–H and O–H groups in total. The Bertz CT molecular complexity index is 1470. The molecular weight excluding hydrogens is 588 g/mol. The third kappa shape index (κ3) is 5.99. The summed E-state index contributed by atoms with van der Waals surface area (Å²) in [4.78, 5) is 13.4. The average Bonchev–Trinajstić information content (AvgIpc) is 3.04. The minimum absolute atomic E-state index is 0.0379. The fourth-order valence-electron chi connectivity index (χ4n) is 5.13. The highest BCUT2D eigenvalue weighted by Crippen LogP contribution is 2.36. The third-order valence-electron chi connectivity index (χ3n) is 7.66. The Morgan fingerprint density at radius 2 is 1.41 bits per heavy atom. The fourth-order valence-corrected chi connectivity index (χ4v) is 5.13. The summed E-state index contributed by atoms with van der Waals surface area (Å²) in [7, 11) is 2.86. The maximum Gasteiger partial charge on any atom is 0.229 e. The number of hydrogen-bond donors (Lipinski definition) is 7. The highest BCUT2D eigenvalue weighted by Gasteiger charge is 2.51. The topological polar surface area (TPSA) is 227 Å². The number of aliphatic hydroxyl groups excluding tert-OH is 7. The number of hydrogen-bond acceptors (Lipinski definition) is 15. The lowest BCUT2D eigenvalue weighted by atomic mass is 9.97. The highest BCUT2D eigenvalue weighted by atomic mass is 16.7. The zero-order valence-corrected chi connectivity index (χ0v) is 23.6. The van der Waals surface area contributed by atoms with Gasteiger partial charge in [0.25, 0.3) is 0 Å². The van der Waals surface area contributed by atoms with Crippen LogP contribution in [0.3, 0.4) is 0 Å². The zero-order chi connectivity index (χ0) is 31.7. The molecule has 0 amide bonds. The Hall–Kier alpha value is -3.35. The summed E-state index contributed by atoms with van der Waals surface area (Å²) in [5.74, 6) is 0.640. The first kappa shape index (κ1) is 32.1. The van der Waals surface area contributed by atoms with E-state index < -0.39 is 74.6 Å². The first-order valence-corrected chi connectivity index (χ1v) is 13.6. The Morgan fingerprint density at radius 1 is 0.750 bits per heavy atom. The van der Waals surface area contributed by atoms with Crippen molar-refractivity contribution in [3.63, 3.8) is 0 Å². The molecule has 2 fully saturated rings. The molecule has 15 heteroatoms. The van der Waals surface area contributed by atoms with Crippen molar-refractivity contribution in [1.29, 1.82) is 0 Å². The molecule has 2 aliphatic heterocycles. The predicted octanol–water partition coefficient (Wildman–Crippen LogP) is -1.52. The minimum atomic E-state index is -1.83. The second kappa shape index (κ2) is 13.3. The molecular formula is C29H34O15. The van der Waals surface area contributed by atoms with Gasteiger partial charge >= 0.3 is 0 Å².